The molecule has 1 N–H and O–H groups in total. The Morgan fingerprint density at radius 3 is 2.45 bits per heavy atom. The Balaban J connectivity index is 1.62. The summed E-state index contributed by atoms with van der Waals surface area (Å²) in [5.41, 5.74) is 0. The minimum Gasteiger partial charge on any atom is -0.469 e. The Bertz CT molecular complexity index is 377. The number of hydrogen-bond acceptors (Lipinski definition) is 4. The topological polar surface area (TPSA) is 64.6 Å². The second-order valence-electron chi connectivity index (χ2n) is 6.84. The summed E-state index contributed by atoms with van der Waals surface area (Å²) in [5, 5.41) is 3.03. The maximum Gasteiger partial charge on any atom is 0.308 e. The second-order valence-corrected chi connectivity index (χ2v) is 6.84. The summed E-state index contributed by atoms with van der Waals surface area (Å²) in [6.45, 7) is 2.41. The molecule has 0 radical (unpaired) electrons. The molecule has 0 aromatic heterocycles. The zero-order chi connectivity index (χ0) is 15.9. The van der Waals surface area contributed by atoms with Crippen LogP contribution in [0.15, 0.2) is 0 Å². The summed E-state index contributed by atoms with van der Waals surface area (Å²) >= 11 is 0. The number of amides is 1. The van der Waals surface area contributed by atoms with E-state index in [-0.39, 0.29) is 36.5 Å². The van der Waals surface area contributed by atoms with Crippen molar-refractivity contribution in [3.8, 4) is 0 Å². The van der Waals surface area contributed by atoms with Crippen LogP contribution in [0.25, 0.3) is 0 Å². The number of esters is 1. The van der Waals surface area contributed by atoms with Crippen LogP contribution in [0.5, 0.6) is 0 Å². The lowest BCUT2D eigenvalue weighted by atomic mass is 9.86. The third-order valence-electron chi connectivity index (χ3n) is 4.97. The van der Waals surface area contributed by atoms with E-state index in [0.29, 0.717) is 5.92 Å². The minimum atomic E-state index is -0.125. The van der Waals surface area contributed by atoms with Crippen LogP contribution in [-0.4, -0.2) is 37.7 Å². The Morgan fingerprint density at radius 2 is 1.82 bits per heavy atom. The largest absolute Gasteiger partial charge is 0.469 e. The highest BCUT2D eigenvalue weighted by Crippen LogP contribution is 2.26. The summed E-state index contributed by atoms with van der Waals surface area (Å²) in [7, 11) is 1.43. The number of carbonyl (C=O) groups is 2. The Kier molecular flexibility index (Phi) is 6.68. The first kappa shape index (κ1) is 17.3. The number of rotatable bonds is 5. The van der Waals surface area contributed by atoms with Crippen molar-refractivity contribution in [2.45, 2.75) is 70.4 Å². The van der Waals surface area contributed by atoms with Gasteiger partial charge in [0.2, 0.25) is 5.91 Å². The molecule has 2 rings (SSSR count). The number of hydrogen-bond donors (Lipinski definition) is 1. The highest BCUT2D eigenvalue weighted by Gasteiger charge is 2.28. The fourth-order valence-corrected chi connectivity index (χ4v) is 3.63. The summed E-state index contributed by atoms with van der Waals surface area (Å²) in [4.78, 5) is 23.4. The van der Waals surface area contributed by atoms with E-state index in [0.717, 1.165) is 38.5 Å². The van der Waals surface area contributed by atoms with Crippen LogP contribution < -0.4 is 5.32 Å². The molecule has 0 unspecified atom stereocenters. The fraction of sp³-hybridized carbons (Fsp3) is 0.882. The molecule has 0 heterocycles. The van der Waals surface area contributed by atoms with Gasteiger partial charge in [-0.1, -0.05) is 19.8 Å². The predicted octanol–water partition coefficient (Wildman–Crippen LogP) is 2.43. The molecule has 2 aliphatic carbocycles. The third kappa shape index (κ3) is 5.27. The van der Waals surface area contributed by atoms with Crippen LogP contribution in [0, 0.1) is 11.8 Å². The van der Waals surface area contributed by atoms with Gasteiger partial charge < -0.3 is 14.8 Å². The standard InChI is InChI=1S/C17H29NO4/c1-12-4-3-5-15(10-12)22-11-16(19)18-14-8-6-13(7-9-14)17(20)21-2/h12-15H,3-11H2,1-2H3,(H,18,19)/t12-,13?,14?,15+/m0/s1. The molecule has 2 saturated carbocycles. The van der Waals surface area contributed by atoms with Gasteiger partial charge in [-0.25, -0.2) is 0 Å². The molecule has 5 nitrogen and oxygen atoms in total. The lowest BCUT2D eigenvalue weighted by Gasteiger charge is -2.29. The Morgan fingerprint density at radius 1 is 1.09 bits per heavy atom. The first-order valence-electron chi connectivity index (χ1n) is 8.57. The van der Waals surface area contributed by atoms with Gasteiger partial charge in [0.25, 0.3) is 0 Å². The van der Waals surface area contributed by atoms with Crippen molar-refractivity contribution in [1.29, 1.82) is 0 Å². The fourth-order valence-electron chi connectivity index (χ4n) is 3.63. The summed E-state index contributed by atoms with van der Waals surface area (Å²) < 4.78 is 10.5. The molecule has 1 amide bonds. The third-order valence-corrected chi connectivity index (χ3v) is 4.97. The van der Waals surface area contributed by atoms with Gasteiger partial charge in [0.15, 0.2) is 0 Å². The number of ether oxygens (including phenoxy) is 2. The minimum absolute atomic E-state index is 0.00173. The van der Waals surface area contributed by atoms with Crippen molar-refractivity contribution in [2.75, 3.05) is 13.7 Å². The van der Waals surface area contributed by atoms with Crippen molar-refractivity contribution >= 4 is 11.9 Å². The highest BCUT2D eigenvalue weighted by atomic mass is 16.5. The predicted molar refractivity (Wildman–Crippen MR) is 83.3 cm³/mol. The van der Waals surface area contributed by atoms with Gasteiger partial charge in [0.1, 0.15) is 6.61 Å². The molecule has 0 aromatic rings. The van der Waals surface area contributed by atoms with Crippen molar-refractivity contribution in [3.63, 3.8) is 0 Å². The van der Waals surface area contributed by atoms with Crippen LogP contribution in [0.3, 0.4) is 0 Å². The molecular weight excluding hydrogens is 282 g/mol. The van der Waals surface area contributed by atoms with E-state index < -0.39 is 0 Å². The first-order chi connectivity index (χ1) is 10.6. The van der Waals surface area contributed by atoms with E-state index >= 15 is 0 Å². The molecule has 22 heavy (non-hydrogen) atoms. The Hall–Kier alpha value is -1.10. The lowest BCUT2D eigenvalue weighted by Crippen LogP contribution is -2.41. The van der Waals surface area contributed by atoms with E-state index in [1.807, 2.05) is 0 Å². The summed E-state index contributed by atoms with van der Waals surface area (Å²) in [5.74, 6) is 0.549. The van der Waals surface area contributed by atoms with E-state index in [1.165, 1.54) is 20.0 Å². The van der Waals surface area contributed by atoms with E-state index in [9.17, 15) is 9.59 Å². The van der Waals surface area contributed by atoms with Gasteiger partial charge in [-0.2, -0.15) is 0 Å². The molecular formula is C17H29NO4. The van der Waals surface area contributed by atoms with Gasteiger partial charge in [-0.3, -0.25) is 9.59 Å². The van der Waals surface area contributed by atoms with Crippen LogP contribution in [0.4, 0.5) is 0 Å². The van der Waals surface area contributed by atoms with Gasteiger partial charge in [0, 0.05) is 6.04 Å². The molecule has 0 spiro atoms. The monoisotopic (exact) mass is 311 g/mol. The second kappa shape index (κ2) is 8.51. The van der Waals surface area contributed by atoms with Crippen molar-refractivity contribution in [3.05, 3.63) is 0 Å². The normalized spacial score (nSPS) is 32.3. The number of methoxy groups -OCH3 is 1. The maximum atomic E-state index is 12.0. The molecule has 2 atom stereocenters. The average molecular weight is 311 g/mol. The average Bonchev–Trinajstić information content (AvgIpc) is 2.53. The quantitative estimate of drug-likeness (QED) is 0.792. The zero-order valence-electron chi connectivity index (χ0n) is 13.8. The Labute approximate surface area is 133 Å². The van der Waals surface area contributed by atoms with Crippen LogP contribution in [0.2, 0.25) is 0 Å². The van der Waals surface area contributed by atoms with Gasteiger partial charge in [-0.15, -0.1) is 0 Å². The molecule has 5 heteroatoms. The van der Waals surface area contributed by atoms with Gasteiger partial charge in [0.05, 0.1) is 19.1 Å². The van der Waals surface area contributed by atoms with Crippen LogP contribution in [0.1, 0.15) is 58.3 Å². The van der Waals surface area contributed by atoms with Gasteiger partial charge >= 0.3 is 5.97 Å². The highest BCUT2D eigenvalue weighted by molar-refractivity contribution is 5.77. The van der Waals surface area contributed by atoms with Gasteiger partial charge in [-0.05, 0) is 44.4 Å². The van der Waals surface area contributed by atoms with E-state index in [1.54, 1.807) is 0 Å². The van der Waals surface area contributed by atoms with Crippen molar-refractivity contribution in [1.82, 2.24) is 5.32 Å². The van der Waals surface area contributed by atoms with E-state index in [2.05, 4.69) is 12.2 Å². The molecule has 0 aromatic carbocycles. The molecule has 0 aliphatic heterocycles. The number of nitrogens with one attached hydrogen (secondary N) is 1. The SMILES string of the molecule is COC(=O)C1CCC(NC(=O)CO[C@@H]2CCC[C@H](C)C2)CC1. The van der Waals surface area contributed by atoms with Crippen molar-refractivity contribution in [2.24, 2.45) is 11.8 Å². The summed E-state index contributed by atoms with van der Waals surface area (Å²) in [6.07, 6.45) is 8.11. The molecule has 0 bridgehead atoms. The molecule has 2 fully saturated rings. The molecule has 126 valence electrons. The van der Waals surface area contributed by atoms with Crippen molar-refractivity contribution < 1.29 is 19.1 Å². The van der Waals surface area contributed by atoms with Crippen LogP contribution in [-0.2, 0) is 19.1 Å². The van der Waals surface area contributed by atoms with E-state index in [4.69, 9.17) is 9.47 Å². The number of carbonyl (C=O) groups excluding carboxylic acids is 2. The summed E-state index contributed by atoms with van der Waals surface area (Å²) in [6, 6.07) is 0.169. The first-order valence-corrected chi connectivity index (χ1v) is 8.57. The lowest BCUT2D eigenvalue weighted by molar-refractivity contribution is -0.146. The zero-order valence-corrected chi connectivity index (χ0v) is 13.8. The van der Waals surface area contributed by atoms with Crippen LogP contribution >= 0.6 is 0 Å². The molecule has 0 saturated heterocycles. The maximum absolute atomic E-state index is 12.0. The molecule has 2 aliphatic rings. The smallest absolute Gasteiger partial charge is 0.308 e.